The third-order valence-corrected chi connectivity index (χ3v) is 2.97. The Kier molecular flexibility index (Phi) is 4.92. The van der Waals surface area contributed by atoms with Crippen molar-refractivity contribution in [3.05, 3.63) is 29.6 Å². The maximum atomic E-state index is 10.7. The summed E-state index contributed by atoms with van der Waals surface area (Å²) in [6.45, 7) is 3.32. The molecule has 0 saturated carbocycles. The lowest BCUT2D eigenvalue weighted by molar-refractivity contribution is -0.109. The average molecular weight is 241 g/mol. The number of hydrogen-bond acceptors (Lipinski definition) is 5. The Hall–Kier alpha value is -0.910. The van der Waals surface area contributed by atoms with Gasteiger partial charge in [-0.1, -0.05) is 17.8 Å². The van der Waals surface area contributed by atoms with Crippen LogP contribution in [0.1, 0.15) is 24.3 Å². The Morgan fingerprint density at radius 1 is 1.50 bits per heavy atom. The van der Waals surface area contributed by atoms with Crippen LogP contribution in [0.3, 0.4) is 0 Å². The summed E-state index contributed by atoms with van der Waals surface area (Å²) in [5, 5.41) is 19.3. The normalized spacial score (nSPS) is 14.5. The van der Waals surface area contributed by atoms with E-state index in [-0.39, 0.29) is 10.9 Å². The fourth-order valence-corrected chi connectivity index (χ4v) is 1.73. The van der Waals surface area contributed by atoms with E-state index in [0.29, 0.717) is 5.69 Å². The third kappa shape index (κ3) is 3.92. The lowest BCUT2D eigenvalue weighted by Gasteiger charge is -2.16. The van der Waals surface area contributed by atoms with Crippen molar-refractivity contribution in [3.63, 3.8) is 0 Å². The molecule has 0 aliphatic carbocycles. The van der Waals surface area contributed by atoms with Crippen LogP contribution in [0.15, 0.2) is 18.3 Å². The first-order valence-corrected chi connectivity index (χ1v) is 5.91. The number of carbonyl (C=O) groups excluding carboxylic acids is 1. The molecular formula is C11H15NO3S. The van der Waals surface area contributed by atoms with Crippen molar-refractivity contribution in [1.82, 2.24) is 4.98 Å². The molecule has 1 heterocycles. The summed E-state index contributed by atoms with van der Waals surface area (Å²) in [5.74, 6) is 0.173. The summed E-state index contributed by atoms with van der Waals surface area (Å²) < 4.78 is 0. The molecule has 2 unspecified atom stereocenters. The van der Waals surface area contributed by atoms with Crippen LogP contribution in [0.5, 0.6) is 0 Å². The molecule has 5 heteroatoms. The van der Waals surface area contributed by atoms with Crippen LogP contribution >= 0.6 is 11.8 Å². The van der Waals surface area contributed by atoms with E-state index < -0.39 is 12.2 Å². The van der Waals surface area contributed by atoms with Crippen molar-refractivity contribution < 1.29 is 15.0 Å². The zero-order chi connectivity index (χ0) is 12.1. The number of carbonyl (C=O) groups is 1. The second-order valence-corrected chi connectivity index (χ2v) is 4.77. The molecule has 1 aromatic rings. The van der Waals surface area contributed by atoms with Gasteiger partial charge in [-0.05, 0) is 18.6 Å². The summed E-state index contributed by atoms with van der Waals surface area (Å²) in [5.41, 5.74) is 1.41. The van der Waals surface area contributed by atoms with Crippen molar-refractivity contribution in [3.8, 4) is 0 Å². The second kappa shape index (κ2) is 5.98. The Balaban J connectivity index is 2.59. The van der Waals surface area contributed by atoms with Crippen molar-refractivity contribution in [2.24, 2.45) is 0 Å². The van der Waals surface area contributed by atoms with Crippen molar-refractivity contribution in [2.45, 2.75) is 26.1 Å². The van der Waals surface area contributed by atoms with Crippen LogP contribution in [-0.2, 0) is 4.79 Å². The Labute approximate surface area is 98.7 Å². The van der Waals surface area contributed by atoms with Gasteiger partial charge in [0.25, 0.3) is 0 Å². The van der Waals surface area contributed by atoms with Gasteiger partial charge in [0.2, 0.25) is 0 Å². The predicted octanol–water partition coefficient (Wildman–Crippen LogP) is 1.06. The highest BCUT2D eigenvalue weighted by atomic mass is 32.2. The summed E-state index contributed by atoms with van der Waals surface area (Å²) in [6, 6.07) is 3.48. The molecular weight excluding hydrogens is 226 g/mol. The molecule has 0 spiro atoms. The quantitative estimate of drug-likeness (QED) is 0.825. The minimum Gasteiger partial charge on any atom is -0.389 e. The highest BCUT2D eigenvalue weighted by Crippen LogP contribution is 2.18. The monoisotopic (exact) mass is 241 g/mol. The van der Waals surface area contributed by atoms with Crippen LogP contribution < -0.4 is 0 Å². The first-order valence-electron chi connectivity index (χ1n) is 4.92. The minimum absolute atomic E-state index is 0.0804. The minimum atomic E-state index is -1.05. The van der Waals surface area contributed by atoms with E-state index in [1.165, 1.54) is 6.92 Å². The highest BCUT2D eigenvalue weighted by Gasteiger charge is 2.19. The largest absolute Gasteiger partial charge is 0.389 e. The molecule has 0 radical (unpaired) electrons. The number of aromatic nitrogens is 1. The van der Waals surface area contributed by atoms with Crippen molar-refractivity contribution >= 4 is 16.9 Å². The van der Waals surface area contributed by atoms with Crippen molar-refractivity contribution in [1.29, 1.82) is 0 Å². The number of rotatable bonds is 4. The van der Waals surface area contributed by atoms with Gasteiger partial charge in [-0.25, -0.2) is 0 Å². The molecule has 0 aromatic carbocycles. The number of aryl methyl sites for hydroxylation is 1. The number of thioether (sulfide) groups is 1. The van der Waals surface area contributed by atoms with Crippen LogP contribution in [0.2, 0.25) is 0 Å². The van der Waals surface area contributed by atoms with Crippen LogP contribution in [0, 0.1) is 6.92 Å². The van der Waals surface area contributed by atoms with E-state index >= 15 is 0 Å². The van der Waals surface area contributed by atoms with Gasteiger partial charge in [0, 0.05) is 18.9 Å². The van der Waals surface area contributed by atoms with Gasteiger partial charge in [-0.15, -0.1) is 0 Å². The van der Waals surface area contributed by atoms with Crippen LogP contribution in [0.4, 0.5) is 0 Å². The third-order valence-electron chi connectivity index (χ3n) is 2.06. The number of hydrogen-bond donors (Lipinski definition) is 2. The fourth-order valence-electron chi connectivity index (χ4n) is 1.15. The van der Waals surface area contributed by atoms with E-state index in [1.807, 2.05) is 13.0 Å². The lowest BCUT2D eigenvalue weighted by atomic mass is 10.1. The van der Waals surface area contributed by atoms with E-state index in [2.05, 4.69) is 4.98 Å². The Bertz CT molecular complexity index is 353. The molecule has 1 aromatic heterocycles. The average Bonchev–Trinajstić information content (AvgIpc) is 2.26. The highest BCUT2D eigenvalue weighted by molar-refractivity contribution is 8.13. The first-order chi connectivity index (χ1) is 7.50. The second-order valence-electron chi connectivity index (χ2n) is 3.58. The van der Waals surface area contributed by atoms with Crippen LogP contribution in [0.25, 0.3) is 0 Å². The Morgan fingerprint density at radius 3 is 2.69 bits per heavy atom. The van der Waals surface area contributed by atoms with Gasteiger partial charge in [-0.2, -0.15) is 0 Å². The molecule has 2 N–H and O–H groups in total. The molecule has 2 atom stereocenters. The number of pyridine rings is 1. The molecule has 0 aliphatic rings. The van der Waals surface area contributed by atoms with Crippen LogP contribution in [-0.4, -0.2) is 32.2 Å². The molecule has 0 fully saturated rings. The fraction of sp³-hybridized carbons (Fsp3) is 0.455. The Morgan fingerprint density at radius 2 is 2.19 bits per heavy atom. The lowest BCUT2D eigenvalue weighted by Crippen LogP contribution is -2.22. The molecule has 4 nitrogen and oxygen atoms in total. The smallest absolute Gasteiger partial charge is 0.185 e. The number of aliphatic hydroxyl groups is 2. The van der Waals surface area contributed by atoms with Gasteiger partial charge in [0.05, 0.1) is 11.8 Å². The standard InChI is InChI=1S/C11H15NO3S/c1-7-3-4-9(12-5-7)11(15)10(14)6-16-8(2)13/h3-5,10-11,14-15H,6H2,1-2H3. The predicted molar refractivity (Wildman–Crippen MR) is 63.1 cm³/mol. The van der Waals surface area contributed by atoms with Crippen molar-refractivity contribution in [2.75, 3.05) is 5.75 Å². The molecule has 0 aliphatic heterocycles. The van der Waals surface area contributed by atoms with E-state index in [1.54, 1.807) is 12.3 Å². The molecule has 88 valence electrons. The van der Waals surface area contributed by atoms with Gasteiger partial charge >= 0.3 is 0 Å². The first kappa shape index (κ1) is 13.2. The maximum Gasteiger partial charge on any atom is 0.185 e. The summed E-state index contributed by atoms with van der Waals surface area (Å²) in [4.78, 5) is 14.7. The van der Waals surface area contributed by atoms with Gasteiger partial charge in [0.1, 0.15) is 6.10 Å². The molecule has 0 amide bonds. The van der Waals surface area contributed by atoms with E-state index in [0.717, 1.165) is 17.3 Å². The summed E-state index contributed by atoms with van der Waals surface area (Å²) in [6.07, 6.45) is -0.403. The SMILES string of the molecule is CC(=O)SCC(O)C(O)c1ccc(C)cn1. The molecule has 0 bridgehead atoms. The maximum absolute atomic E-state index is 10.7. The van der Waals surface area contributed by atoms with E-state index in [9.17, 15) is 15.0 Å². The van der Waals surface area contributed by atoms with Gasteiger partial charge in [-0.3, -0.25) is 9.78 Å². The molecule has 0 saturated heterocycles. The number of aliphatic hydroxyl groups excluding tert-OH is 2. The molecule has 16 heavy (non-hydrogen) atoms. The van der Waals surface area contributed by atoms with E-state index in [4.69, 9.17) is 0 Å². The van der Waals surface area contributed by atoms with Gasteiger partial charge in [0.15, 0.2) is 5.12 Å². The zero-order valence-corrected chi connectivity index (χ0v) is 10.1. The summed E-state index contributed by atoms with van der Waals surface area (Å²) in [7, 11) is 0. The molecule has 1 rings (SSSR count). The summed E-state index contributed by atoms with van der Waals surface area (Å²) >= 11 is 0.989. The number of nitrogens with zero attached hydrogens (tertiary/aromatic N) is 1. The topological polar surface area (TPSA) is 70.4 Å². The van der Waals surface area contributed by atoms with Gasteiger partial charge < -0.3 is 10.2 Å². The zero-order valence-electron chi connectivity index (χ0n) is 9.25.